The summed E-state index contributed by atoms with van der Waals surface area (Å²) in [5.74, 6) is 1.68. The smallest absolute Gasteiger partial charge is 0.407 e. The van der Waals surface area contributed by atoms with Crippen LogP contribution in [0.1, 0.15) is 37.7 Å². The Morgan fingerprint density at radius 3 is 2.65 bits per heavy atom. The molecule has 52 heavy (non-hydrogen) atoms. The molecule has 4 atom stereocenters. The highest BCUT2D eigenvalue weighted by atomic mass is 19.1. The number of carboxylic acid groups (broad SMARTS) is 1. The number of hydrogen-bond donors (Lipinski definition) is 2. The molecule has 2 aromatic carbocycles. The molecule has 8 rings (SSSR count). The number of piperazine rings is 1. The molecule has 4 aliphatic rings. The number of carbonyl (C=O) groups is 1. The lowest BCUT2D eigenvalue weighted by Crippen LogP contribution is -2.55. The number of amides is 1. The zero-order valence-corrected chi connectivity index (χ0v) is 28.6. The molecule has 0 spiro atoms. The first-order valence-corrected chi connectivity index (χ1v) is 17.3. The number of hydrogen-bond acceptors (Lipinski definition) is 10. The Balaban J connectivity index is 1.27. The van der Waals surface area contributed by atoms with E-state index in [0.29, 0.717) is 61.2 Å². The van der Waals surface area contributed by atoms with Crippen molar-refractivity contribution in [3.05, 3.63) is 59.8 Å². The van der Waals surface area contributed by atoms with Crippen LogP contribution in [0, 0.1) is 24.0 Å². The third-order valence-electron chi connectivity index (χ3n) is 11.1. The summed E-state index contributed by atoms with van der Waals surface area (Å²) in [6.07, 6.45) is 9.97. The summed E-state index contributed by atoms with van der Waals surface area (Å²) < 4.78 is 49.5. The van der Waals surface area contributed by atoms with E-state index in [0.717, 1.165) is 18.4 Å². The van der Waals surface area contributed by atoms with Gasteiger partial charge in [-0.15, -0.1) is 6.42 Å². The Bertz CT molecular complexity index is 2150. The van der Waals surface area contributed by atoms with Crippen molar-refractivity contribution in [3.8, 4) is 35.4 Å². The molecule has 4 aliphatic heterocycles. The van der Waals surface area contributed by atoms with Crippen molar-refractivity contribution < 1.29 is 38.0 Å². The Morgan fingerprint density at radius 2 is 1.94 bits per heavy atom. The Morgan fingerprint density at radius 1 is 1.15 bits per heavy atom. The maximum absolute atomic E-state index is 17.2. The van der Waals surface area contributed by atoms with Gasteiger partial charge in [0.05, 0.1) is 35.2 Å². The van der Waals surface area contributed by atoms with Gasteiger partial charge in [-0.05, 0) is 55.7 Å². The second-order valence-corrected chi connectivity index (χ2v) is 14.1. The quantitative estimate of drug-likeness (QED) is 0.139. The number of fused-ring (bicyclic) bond motifs is 5. The van der Waals surface area contributed by atoms with E-state index >= 15 is 8.78 Å². The van der Waals surface area contributed by atoms with E-state index in [1.54, 1.807) is 12.1 Å². The van der Waals surface area contributed by atoms with Gasteiger partial charge in [-0.2, -0.15) is 9.97 Å². The van der Waals surface area contributed by atoms with Gasteiger partial charge in [0.2, 0.25) is 0 Å². The fourth-order valence-electron chi connectivity index (χ4n) is 8.82. The number of methoxy groups -OCH3 is 1. The molecule has 4 fully saturated rings. The molecule has 4 saturated heterocycles. The number of nitrogens with zero attached hydrogens (tertiary/aromatic N) is 6. The maximum atomic E-state index is 17.2. The molecule has 2 bridgehead atoms. The van der Waals surface area contributed by atoms with Crippen LogP contribution in [0.3, 0.4) is 0 Å². The van der Waals surface area contributed by atoms with Crippen LogP contribution in [-0.4, -0.2) is 111 Å². The average molecular weight is 713 g/mol. The van der Waals surface area contributed by atoms with Gasteiger partial charge in [-0.25, -0.2) is 13.6 Å². The molecule has 12 nitrogen and oxygen atoms in total. The number of anilines is 1. The zero-order chi connectivity index (χ0) is 36.3. The molecule has 0 radical (unpaired) electrons. The van der Waals surface area contributed by atoms with Crippen molar-refractivity contribution in [3.63, 3.8) is 0 Å². The van der Waals surface area contributed by atoms with E-state index in [1.165, 1.54) is 30.3 Å². The van der Waals surface area contributed by atoms with Crippen LogP contribution in [-0.2, 0) is 4.74 Å². The number of rotatable bonds is 9. The lowest BCUT2D eigenvalue weighted by molar-refractivity contribution is 0.0512. The lowest BCUT2D eigenvalue weighted by Gasteiger charge is -2.40. The topological polar surface area (TPSA) is 134 Å². The van der Waals surface area contributed by atoms with Gasteiger partial charge < -0.3 is 29.3 Å². The first-order valence-electron chi connectivity index (χ1n) is 17.3. The summed E-state index contributed by atoms with van der Waals surface area (Å²) in [5, 5.41) is 21.0. The van der Waals surface area contributed by atoms with Crippen LogP contribution >= 0.6 is 0 Å². The predicted molar refractivity (Wildman–Crippen MR) is 188 cm³/mol. The first kappa shape index (κ1) is 34.0. The molecular formula is C38H38F2N6O6. The molecule has 6 heterocycles. The van der Waals surface area contributed by atoms with Crippen LogP contribution < -0.4 is 14.4 Å². The molecule has 1 amide bonds. The van der Waals surface area contributed by atoms with Gasteiger partial charge in [-0.1, -0.05) is 24.1 Å². The molecule has 4 aromatic rings. The number of aliphatic hydroxyl groups excluding tert-OH is 1. The summed E-state index contributed by atoms with van der Waals surface area (Å²) in [6, 6.07) is 5.41. The summed E-state index contributed by atoms with van der Waals surface area (Å²) in [6.45, 7) is 5.69. The minimum Gasteiger partial charge on any atom is -0.468 e. The van der Waals surface area contributed by atoms with Crippen molar-refractivity contribution in [2.24, 2.45) is 0 Å². The van der Waals surface area contributed by atoms with E-state index in [9.17, 15) is 15.0 Å². The maximum Gasteiger partial charge on any atom is 0.407 e. The zero-order valence-electron chi connectivity index (χ0n) is 28.6. The Labute approximate surface area is 298 Å². The average Bonchev–Trinajstić information content (AvgIpc) is 3.74. The second-order valence-electron chi connectivity index (χ2n) is 14.1. The third-order valence-corrected chi connectivity index (χ3v) is 11.1. The monoisotopic (exact) mass is 712 g/mol. The van der Waals surface area contributed by atoms with Gasteiger partial charge in [0.1, 0.15) is 35.2 Å². The molecule has 0 saturated carbocycles. The van der Waals surface area contributed by atoms with E-state index < -0.39 is 23.3 Å². The normalized spacial score (nSPS) is 24.1. The van der Waals surface area contributed by atoms with Crippen molar-refractivity contribution >= 4 is 33.6 Å². The highest BCUT2D eigenvalue weighted by molar-refractivity contribution is 6.03. The fourth-order valence-corrected chi connectivity index (χ4v) is 8.82. The van der Waals surface area contributed by atoms with Crippen molar-refractivity contribution in [1.29, 1.82) is 0 Å². The minimum atomic E-state index is -0.965. The number of terminal acetylenes is 1. The third kappa shape index (κ3) is 5.55. The van der Waals surface area contributed by atoms with E-state index in [2.05, 4.69) is 27.4 Å². The Kier molecular flexibility index (Phi) is 8.60. The van der Waals surface area contributed by atoms with Crippen LogP contribution in [0.4, 0.5) is 19.4 Å². The molecule has 2 N–H and O–H groups in total. The molecule has 270 valence electrons. The van der Waals surface area contributed by atoms with E-state index in [4.69, 9.17) is 25.6 Å². The van der Waals surface area contributed by atoms with E-state index in [1.807, 2.05) is 4.90 Å². The molecule has 2 aromatic heterocycles. The molecule has 0 aliphatic carbocycles. The number of aliphatic hydroxyl groups is 1. The van der Waals surface area contributed by atoms with Crippen LogP contribution in [0.15, 0.2) is 42.6 Å². The van der Waals surface area contributed by atoms with Crippen LogP contribution in [0.25, 0.3) is 32.9 Å². The number of halogens is 2. The number of ether oxygens (including phenoxy) is 3. The van der Waals surface area contributed by atoms with Gasteiger partial charge in [0.25, 0.3) is 0 Å². The van der Waals surface area contributed by atoms with Crippen molar-refractivity contribution in [2.75, 3.05) is 51.7 Å². The van der Waals surface area contributed by atoms with Crippen LogP contribution in [0.2, 0.25) is 0 Å². The Hall–Kier alpha value is -5.10. The largest absolute Gasteiger partial charge is 0.468 e. The predicted octanol–water partition coefficient (Wildman–Crippen LogP) is 4.95. The van der Waals surface area contributed by atoms with Gasteiger partial charge >= 0.3 is 12.1 Å². The lowest BCUT2D eigenvalue weighted by atomic mass is 9.94. The highest BCUT2D eigenvalue weighted by Crippen LogP contribution is 2.45. The number of aromatic nitrogens is 3. The number of benzene rings is 2. The van der Waals surface area contributed by atoms with Crippen molar-refractivity contribution in [1.82, 2.24) is 24.8 Å². The summed E-state index contributed by atoms with van der Waals surface area (Å²) in [5.41, 5.74) is 0.582. The van der Waals surface area contributed by atoms with Crippen LogP contribution in [0.5, 0.6) is 11.8 Å². The first-order chi connectivity index (χ1) is 25.1. The van der Waals surface area contributed by atoms with Crippen molar-refractivity contribution in [2.45, 2.75) is 55.8 Å². The van der Waals surface area contributed by atoms with Gasteiger partial charge in [0, 0.05) is 49.9 Å². The number of pyridine rings is 1. The standard InChI is InChI=1S/C38H38F2N6O6/c1-4-27-30(39)8-5-22-11-26(52-20-50-3)12-28(31(22)27)33-32(40)34-29(14-41-33)35(44-16-23-6-7-24(17-44)46(23)37(48)49)43-36(42-34)51-19-38-10-9-25(18-47)45(38)15-21(2)13-38/h1,5,8,11-12,14,23-25,47H,2,6-7,9-10,13,15-20H2,3H3,(H,48,49)/t23-,24+,25-,38-/m0/s1. The minimum absolute atomic E-state index is 0.0146. The highest BCUT2D eigenvalue weighted by Gasteiger charge is 2.51. The second kappa shape index (κ2) is 13.1. The molecule has 14 heteroatoms. The summed E-state index contributed by atoms with van der Waals surface area (Å²) in [4.78, 5) is 31.8. The SMILES string of the molecule is C#Cc1c(F)ccc2cc(OCOC)cc(-c3ncc4c(N5C[C@H]6CC[C@@H](C5)N6C(=O)O)nc(OC[C@@]56CC[C@@H](CO)N5CC(=C)C6)nc4c3F)c12. The van der Waals surface area contributed by atoms with Gasteiger partial charge in [0.15, 0.2) is 12.6 Å². The fraction of sp³-hybridized carbons (Fsp3) is 0.421. The summed E-state index contributed by atoms with van der Waals surface area (Å²) >= 11 is 0. The van der Waals surface area contributed by atoms with E-state index in [-0.39, 0.29) is 71.9 Å². The molecule has 0 unspecified atom stereocenters. The summed E-state index contributed by atoms with van der Waals surface area (Å²) in [7, 11) is 1.47. The molecular weight excluding hydrogens is 674 g/mol. The van der Waals surface area contributed by atoms with Gasteiger partial charge in [-0.3, -0.25) is 14.8 Å².